The number of anilines is 4. The number of ether oxygens (including phenoxy) is 1. The molecule has 1 aromatic carbocycles. The average molecular weight is 574 g/mol. The van der Waals surface area contributed by atoms with Crippen LogP contribution in [0.4, 0.5) is 22.7 Å². The summed E-state index contributed by atoms with van der Waals surface area (Å²) in [6.07, 6.45) is 2.43. The van der Waals surface area contributed by atoms with Gasteiger partial charge in [0, 0.05) is 37.9 Å². The second kappa shape index (κ2) is 11.9. The summed E-state index contributed by atoms with van der Waals surface area (Å²) >= 11 is 1.16. The van der Waals surface area contributed by atoms with Gasteiger partial charge in [-0.15, -0.1) is 0 Å². The minimum atomic E-state index is -3.28. The van der Waals surface area contributed by atoms with Crippen LogP contribution in [0.25, 0.3) is 0 Å². The number of sulfone groups is 1. The molecule has 4 rings (SSSR count). The van der Waals surface area contributed by atoms with Gasteiger partial charge >= 0.3 is 5.97 Å². The Morgan fingerprint density at radius 1 is 1.15 bits per heavy atom. The summed E-state index contributed by atoms with van der Waals surface area (Å²) in [6.45, 7) is 5.36. The van der Waals surface area contributed by atoms with E-state index in [0.29, 0.717) is 59.8 Å². The quantitative estimate of drug-likeness (QED) is 0.305. The molecule has 0 unspecified atom stereocenters. The van der Waals surface area contributed by atoms with E-state index in [0.717, 1.165) is 16.9 Å². The van der Waals surface area contributed by atoms with Crippen molar-refractivity contribution in [1.29, 1.82) is 0 Å². The maximum absolute atomic E-state index is 12.2. The van der Waals surface area contributed by atoms with E-state index < -0.39 is 15.8 Å². The van der Waals surface area contributed by atoms with E-state index in [1.165, 1.54) is 6.26 Å². The van der Waals surface area contributed by atoms with E-state index in [1.807, 2.05) is 6.07 Å². The highest BCUT2D eigenvalue weighted by atomic mass is 32.2. The molecule has 3 aromatic rings. The summed E-state index contributed by atoms with van der Waals surface area (Å²) in [7, 11) is -3.28. The number of benzene rings is 1. The van der Waals surface area contributed by atoms with Gasteiger partial charge in [0.25, 0.3) is 0 Å². The number of nitrogens with two attached hydrogens (primary N) is 1. The third-order valence-electron chi connectivity index (χ3n) is 6.24. The van der Waals surface area contributed by atoms with Crippen molar-refractivity contribution in [2.45, 2.75) is 38.1 Å². The van der Waals surface area contributed by atoms with E-state index in [1.54, 1.807) is 38.1 Å². The van der Waals surface area contributed by atoms with Crippen molar-refractivity contribution in [2.24, 2.45) is 11.7 Å². The largest absolute Gasteiger partial charge is 0.462 e. The number of hydrogen-bond acceptors (Lipinski definition) is 12. The molecule has 0 radical (unpaired) electrons. The summed E-state index contributed by atoms with van der Waals surface area (Å²) in [6, 6.07) is 8.44. The Morgan fingerprint density at radius 2 is 1.85 bits per heavy atom. The fourth-order valence-corrected chi connectivity index (χ4v) is 5.60. The zero-order valence-electron chi connectivity index (χ0n) is 21.9. The van der Waals surface area contributed by atoms with Gasteiger partial charge in [-0.1, -0.05) is 23.5 Å². The zero-order valence-corrected chi connectivity index (χ0v) is 23.6. The predicted molar refractivity (Wildman–Crippen MR) is 149 cm³/mol. The van der Waals surface area contributed by atoms with Crippen molar-refractivity contribution in [3.8, 4) is 0 Å². The first-order valence-electron chi connectivity index (χ1n) is 12.4. The van der Waals surface area contributed by atoms with Crippen molar-refractivity contribution >= 4 is 55.8 Å². The molecule has 208 valence electrons. The maximum Gasteiger partial charge on any atom is 0.350 e. The number of carbonyl (C=O) groups is 2. The third kappa shape index (κ3) is 7.20. The van der Waals surface area contributed by atoms with Crippen molar-refractivity contribution < 1.29 is 22.7 Å². The molecular weight excluding hydrogens is 542 g/mol. The van der Waals surface area contributed by atoms with Crippen LogP contribution in [0.5, 0.6) is 0 Å². The van der Waals surface area contributed by atoms with Crippen LogP contribution in [0.3, 0.4) is 0 Å². The Balaban J connectivity index is 1.57. The molecule has 1 fully saturated rings. The van der Waals surface area contributed by atoms with E-state index in [2.05, 4.69) is 30.5 Å². The summed E-state index contributed by atoms with van der Waals surface area (Å²) in [5.41, 5.74) is 6.91. The molecule has 0 atom stereocenters. The molecule has 0 spiro atoms. The van der Waals surface area contributed by atoms with Gasteiger partial charge in [-0.2, -0.15) is 9.97 Å². The smallest absolute Gasteiger partial charge is 0.350 e. The maximum atomic E-state index is 12.2. The second-order valence-electron chi connectivity index (χ2n) is 9.15. The summed E-state index contributed by atoms with van der Waals surface area (Å²) < 4.78 is 28.6. The van der Waals surface area contributed by atoms with Crippen molar-refractivity contribution in [3.05, 3.63) is 46.5 Å². The SMILES string of the molecule is CCOC(=O)c1sc(Nc2nc(NCc3ccc(S(C)(=O)=O)cc3)cc(N3CCC(C(N)=O)CC3)n2)nc1C. The van der Waals surface area contributed by atoms with Gasteiger partial charge in [0.1, 0.15) is 16.5 Å². The molecule has 1 aliphatic heterocycles. The Hall–Kier alpha value is -3.78. The molecule has 1 aliphatic rings. The fourth-order valence-electron chi connectivity index (χ4n) is 4.11. The molecule has 1 saturated heterocycles. The number of amides is 1. The van der Waals surface area contributed by atoms with Gasteiger partial charge < -0.3 is 20.7 Å². The van der Waals surface area contributed by atoms with Crippen LogP contribution in [-0.4, -0.2) is 61.2 Å². The molecule has 14 heteroatoms. The average Bonchev–Trinajstić information content (AvgIpc) is 3.27. The number of nitrogens with one attached hydrogen (secondary N) is 2. The number of piperidine rings is 1. The van der Waals surface area contributed by atoms with Gasteiger partial charge in [-0.3, -0.25) is 10.1 Å². The molecule has 3 heterocycles. The molecular formula is C25H31N7O5S2. The van der Waals surface area contributed by atoms with E-state index in [9.17, 15) is 18.0 Å². The highest BCUT2D eigenvalue weighted by Crippen LogP contribution is 2.29. The summed E-state index contributed by atoms with van der Waals surface area (Å²) in [5.74, 6) is 0.587. The molecule has 39 heavy (non-hydrogen) atoms. The normalized spacial score (nSPS) is 14.2. The van der Waals surface area contributed by atoms with Crippen molar-refractivity contribution in [3.63, 3.8) is 0 Å². The predicted octanol–water partition coefficient (Wildman–Crippen LogP) is 2.88. The molecule has 4 N–H and O–H groups in total. The zero-order chi connectivity index (χ0) is 28.2. The highest BCUT2D eigenvalue weighted by molar-refractivity contribution is 7.90. The van der Waals surface area contributed by atoms with Gasteiger partial charge in [-0.05, 0) is 44.4 Å². The number of aryl methyl sites for hydroxylation is 1. The number of primary amides is 1. The van der Waals surface area contributed by atoms with Gasteiger partial charge in [0.15, 0.2) is 15.0 Å². The topological polar surface area (TPSA) is 169 Å². The molecule has 12 nitrogen and oxygen atoms in total. The number of carbonyl (C=O) groups excluding carboxylic acids is 2. The molecule has 0 aliphatic carbocycles. The third-order valence-corrected chi connectivity index (χ3v) is 8.42. The first kappa shape index (κ1) is 28.2. The Morgan fingerprint density at radius 3 is 2.46 bits per heavy atom. The number of aromatic nitrogens is 3. The number of nitrogens with zero attached hydrogens (tertiary/aromatic N) is 4. The van der Waals surface area contributed by atoms with E-state index in [-0.39, 0.29) is 29.3 Å². The summed E-state index contributed by atoms with van der Waals surface area (Å²) in [4.78, 5) is 40.2. The fraction of sp³-hybridized carbons (Fsp3) is 0.400. The van der Waals surface area contributed by atoms with Crippen LogP contribution in [0.2, 0.25) is 0 Å². The highest BCUT2D eigenvalue weighted by Gasteiger charge is 2.25. The Bertz CT molecular complexity index is 1450. The second-order valence-corrected chi connectivity index (χ2v) is 12.2. The Kier molecular flexibility index (Phi) is 8.65. The van der Waals surface area contributed by atoms with Crippen LogP contribution in [0.1, 0.15) is 40.7 Å². The first-order chi connectivity index (χ1) is 18.5. The van der Waals surface area contributed by atoms with Gasteiger partial charge in [0.05, 0.1) is 17.2 Å². The minimum Gasteiger partial charge on any atom is -0.462 e. The van der Waals surface area contributed by atoms with Crippen LogP contribution in [0.15, 0.2) is 35.2 Å². The lowest BCUT2D eigenvalue weighted by atomic mass is 9.96. The lowest BCUT2D eigenvalue weighted by molar-refractivity contribution is -0.122. The van der Waals surface area contributed by atoms with Crippen LogP contribution in [0, 0.1) is 12.8 Å². The molecule has 2 aromatic heterocycles. The van der Waals surface area contributed by atoms with E-state index >= 15 is 0 Å². The van der Waals surface area contributed by atoms with Crippen LogP contribution >= 0.6 is 11.3 Å². The first-order valence-corrected chi connectivity index (χ1v) is 15.1. The number of rotatable bonds is 10. The summed E-state index contributed by atoms with van der Waals surface area (Å²) in [5, 5.41) is 6.82. The van der Waals surface area contributed by atoms with Gasteiger partial charge in [0.2, 0.25) is 11.9 Å². The van der Waals surface area contributed by atoms with Crippen molar-refractivity contribution in [2.75, 3.05) is 41.5 Å². The minimum absolute atomic E-state index is 0.159. The van der Waals surface area contributed by atoms with Crippen LogP contribution < -0.4 is 21.3 Å². The molecule has 0 saturated carbocycles. The number of hydrogen-bond donors (Lipinski definition) is 3. The standard InChI is InChI=1S/C25H31N7O5S2/c1-4-37-23(34)21-15(2)28-25(38-21)31-24-29-19(27-14-16-5-7-18(8-6-16)39(3,35)36)13-20(30-24)32-11-9-17(10-12-32)22(26)33/h5-8,13,17H,4,9-12,14H2,1-3H3,(H2,26,33)(H2,27,28,29,30,31). The van der Waals surface area contributed by atoms with Gasteiger partial charge in [-0.25, -0.2) is 18.2 Å². The Labute approximate surface area is 230 Å². The number of thiazole rings is 1. The van der Waals surface area contributed by atoms with Crippen LogP contribution in [-0.2, 0) is 25.9 Å². The number of esters is 1. The monoisotopic (exact) mass is 573 g/mol. The molecule has 1 amide bonds. The van der Waals surface area contributed by atoms with E-state index in [4.69, 9.17) is 10.5 Å². The lowest BCUT2D eigenvalue weighted by Gasteiger charge is -2.31. The van der Waals surface area contributed by atoms with Crippen molar-refractivity contribution in [1.82, 2.24) is 15.0 Å². The molecule has 0 bridgehead atoms. The lowest BCUT2D eigenvalue weighted by Crippen LogP contribution is -2.39.